The van der Waals surface area contributed by atoms with Crippen molar-refractivity contribution in [2.45, 2.75) is 37.6 Å². The van der Waals surface area contributed by atoms with Gasteiger partial charge in [0.1, 0.15) is 0 Å². The van der Waals surface area contributed by atoms with Crippen molar-refractivity contribution in [3.63, 3.8) is 0 Å². The highest BCUT2D eigenvalue weighted by Gasteiger charge is 2.33. The molecule has 2 rings (SSSR count). The highest BCUT2D eigenvalue weighted by molar-refractivity contribution is 7.85. The van der Waals surface area contributed by atoms with E-state index in [1.165, 1.54) is 5.56 Å². The van der Waals surface area contributed by atoms with E-state index in [0.717, 1.165) is 4.90 Å². The Morgan fingerprint density at radius 3 is 2.53 bits per heavy atom. The summed E-state index contributed by atoms with van der Waals surface area (Å²) in [7, 11) is -1.02. The topological polar surface area (TPSA) is 35.5 Å². The zero-order chi connectivity index (χ0) is 12.5. The van der Waals surface area contributed by atoms with Gasteiger partial charge in [-0.1, -0.05) is 17.7 Å². The van der Waals surface area contributed by atoms with Gasteiger partial charge in [-0.2, -0.15) is 0 Å². The molecular weight excluding hydrogens is 236 g/mol. The van der Waals surface area contributed by atoms with Crippen LogP contribution in [0.25, 0.3) is 0 Å². The van der Waals surface area contributed by atoms with E-state index in [4.69, 9.17) is 9.47 Å². The van der Waals surface area contributed by atoms with Gasteiger partial charge in [-0.15, -0.1) is 0 Å². The van der Waals surface area contributed by atoms with Crippen LogP contribution in [0.4, 0.5) is 0 Å². The molecule has 1 aromatic carbocycles. The summed E-state index contributed by atoms with van der Waals surface area (Å²) in [6, 6.07) is 7.77. The van der Waals surface area contributed by atoms with Gasteiger partial charge in [0.15, 0.2) is 5.79 Å². The second-order valence-electron chi connectivity index (χ2n) is 4.78. The molecule has 1 aliphatic rings. The van der Waals surface area contributed by atoms with Crippen molar-refractivity contribution >= 4 is 10.8 Å². The SMILES string of the molecule is Cc1ccc(S(=O)CC2COC(C)(C)O2)cc1. The Morgan fingerprint density at radius 2 is 2.00 bits per heavy atom. The van der Waals surface area contributed by atoms with Crippen LogP contribution in [0.2, 0.25) is 0 Å². The van der Waals surface area contributed by atoms with E-state index in [1.807, 2.05) is 45.0 Å². The summed E-state index contributed by atoms with van der Waals surface area (Å²) in [6.07, 6.45) is -0.0767. The average molecular weight is 254 g/mol. The Labute approximate surface area is 105 Å². The fourth-order valence-electron chi connectivity index (χ4n) is 1.80. The van der Waals surface area contributed by atoms with Gasteiger partial charge in [-0.25, -0.2) is 0 Å². The molecule has 0 bridgehead atoms. The molecule has 1 heterocycles. The van der Waals surface area contributed by atoms with E-state index >= 15 is 0 Å². The van der Waals surface area contributed by atoms with Gasteiger partial charge in [-0.3, -0.25) is 4.21 Å². The molecule has 0 radical (unpaired) electrons. The minimum Gasteiger partial charge on any atom is -0.348 e. The van der Waals surface area contributed by atoms with Crippen LogP contribution in [-0.2, 0) is 20.3 Å². The average Bonchev–Trinajstić information content (AvgIpc) is 2.59. The van der Waals surface area contributed by atoms with Crippen LogP contribution in [0.3, 0.4) is 0 Å². The van der Waals surface area contributed by atoms with Crippen molar-refractivity contribution < 1.29 is 13.7 Å². The number of benzene rings is 1. The fourth-order valence-corrected chi connectivity index (χ4v) is 2.93. The predicted octanol–water partition coefficient (Wildman–Crippen LogP) is 2.25. The van der Waals surface area contributed by atoms with E-state index in [-0.39, 0.29) is 6.10 Å². The van der Waals surface area contributed by atoms with E-state index < -0.39 is 16.6 Å². The highest BCUT2D eigenvalue weighted by atomic mass is 32.2. The fraction of sp³-hybridized carbons (Fsp3) is 0.538. The maximum Gasteiger partial charge on any atom is 0.163 e. The highest BCUT2D eigenvalue weighted by Crippen LogP contribution is 2.23. The monoisotopic (exact) mass is 254 g/mol. The summed E-state index contributed by atoms with van der Waals surface area (Å²) in [5.41, 5.74) is 1.17. The van der Waals surface area contributed by atoms with Crippen molar-refractivity contribution in [1.29, 1.82) is 0 Å². The molecule has 0 spiro atoms. The third-order valence-electron chi connectivity index (χ3n) is 2.69. The van der Waals surface area contributed by atoms with Gasteiger partial charge in [-0.05, 0) is 32.9 Å². The van der Waals surface area contributed by atoms with Crippen molar-refractivity contribution in [2.24, 2.45) is 0 Å². The third kappa shape index (κ3) is 3.37. The first kappa shape index (κ1) is 12.7. The Morgan fingerprint density at radius 1 is 1.35 bits per heavy atom. The minimum atomic E-state index is -1.02. The lowest BCUT2D eigenvalue weighted by Gasteiger charge is -2.16. The molecule has 0 saturated carbocycles. The summed E-state index contributed by atoms with van der Waals surface area (Å²) in [6.45, 7) is 6.29. The summed E-state index contributed by atoms with van der Waals surface area (Å²) in [5, 5.41) is 0. The van der Waals surface area contributed by atoms with Crippen LogP contribution >= 0.6 is 0 Å². The van der Waals surface area contributed by atoms with Gasteiger partial charge in [0.25, 0.3) is 0 Å². The van der Waals surface area contributed by atoms with Crippen molar-refractivity contribution in [1.82, 2.24) is 0 Å². The lowest BCUT2D eigenvalue weighted by atomic mass is 10.2. The molecule has 3 nitrogen and oxygen atoms in total. The Hall–Kier alpha value is -0.710. The summed E-state index contributed by atoms with van der Waals surface area (Å²) in [4.78, 5) is 0.851. The molecule has 2 unspecified atom stereocenters. The number of hydrogen-bond acceptors (Lipinski definition) is 3. The first-order valence-corrected chi connectivity index (χ1v) is 7.05. The van der Waals surface area contributed by atoms with Crippen LogP contribution in [0.15, 0.2) is 29.2 Å². The van der Waals surface area contributed by atoms with E-state index in [2.05, 4.69) is 0 Å². The van der Waals surface area contributed by atoms with Crippen LogP contribution in [-0.4, -0.2) is 28.5 Å². The quantitative estimate of drug-likeness (QED) is 0.830. The van der Waals surface area contributed by atoms with Crippen molar-refractivity contribution in [3.05, 3.63) is 29.8 Å². The molecule has 1 aliphatic heterocycles. The molecule has 0 aromatic heterocycles. The Kier molecular flexibility index (Phi) is 3.66. The largest absolute Gasteiger partial charge is 0.348 e. The lowest BCUT2D eigenvalue weighted by molar-refractivity contribution is -0.135. The van der Waals surface area contributed by atoms with Crippen LogP contribution in [0.5, 0.6) is 0 Å². The molecule has 1 saturated heterocycles. The van der Waals surface area contributed by atoms with Crippen LogP contribution in [0, 0.1) is 6.92 Å². The molecular formula is C13H18O3S. The Bertz CT molecular complexity index is 411. The molecule has 1 aromatic rings. The molecule has 0 amide bonds. The normalized spacial score (nSPS) is 24.8. The van der Waals surface area contributed by atoms with Crippen molar-refractivity contribution in [3.8, 4) is 0 Å². The minimum absolute atomic E-state index is 0.0767. The predicted molar refractivity (Wildman–Crippen MR) is 67.4 cm³/mol. The molecule has 0 aliphatic carbocycles. The zero-order valence-electron chi connectivity index (χ0n) is 10.4. The summed E-state index contributed by atoms with van der Waals surface area (Å²) in [5.74, 6) is -0.0470. The molecule has 1 fully saturated rings. The second-order valence-corrected chi connectivity index (χ2v) is 6.27. The van der Waals surface area contributed by atoms with Crippen LogP contribution < -0.4 is 0 Å². The number of hydrogen-bond donors (Lipinski definition) is 0. The maximum atomic E-state index is 12.1. The van der Waals surface area contributed by atoms with E-state index in [1.54, 1.807) is 0 Å². The number of aryl methyl sites for hydroxylation is 1. The third-order valence-corrected chi connectivity index (χ3v) is 4.16. The first-order valence-electron chi connectivity index (χ1n) is 5.73. The van der Waals surface area contributed by atoms with Gasteiger partial charge in [0, 0.05) is 4.90 Å². The van der Waals surface area contributed by atoms with Gasteiger partial charge in [0.05, 0.1) is 29.3 Å². The molecule has 0 N–H and O–H groups in total. The molecule has 17 heavy (non-hydrogen) atoms. The smallest absolute Gasteiger partial charge is 0.163 e. The number of rotatable bonds is 3. The second kappa shape index (κ2) is 4.88. The molecule has 94 valence electrons. The Balaban J connectivity index is 1.96. The standard InChI is InChI=1S/C13H18O3S/c1-10-4-6-12(7-5-10)17(14)9-11-8-15-13(2,3)16-11/h4-7,11H,8-9H2,1-3H3. The molecule has 2 atom stereocenters. The van der Waals surface area contributed by atoms with E-state index in [0.29, 0.717) is 12.4 Å². The molecule has 4 heteroatoms. The maximum absolute atomic E-state index is 12.1. The lowest BCUT2D eigenvalue weighted by Crippen LogP contribution is -2.24. The van der Waals surface area contributed by atoms with Crippen LogP contribution in [0.1, 0.15) is 19.4 Å². The zero-order valence-corrected chi connectivity index (χ0v) is 11.3. The van der Waals surface area contributed by atoms with E-state index in [9.17, 15) is 4.21 Å². The van der Waals surface area contributed by atoms with Gasteiger partial charge < -0.3 is 9.47 Å². The van der Waals surface area contributed by atoms with Gasteiger partial charge >= 0.3 is 0 Å². The number of ether oxygens (including phenoxy) is 2. The van der Waals surface area contributed by atoms with Gasteiger partial charge in [0.2, 0.25) is 0 Å². The van der Waals surface area contributed by atoms with Crippen molar-refractivity contribution in [2.75, 3.05) is 12.4 Å². The summed E-state index contributed by atoms with van der Waals surface area (Å²) < 4.78 is 23.2. The summed E-state index contributed by atoms with van der Waals surface area (Å²) >= 11 is 0. The first-order chi connectivity index (χ1) is 7.96.